The summed E-state index contributed by atoms with van der Waals surface area (Å²) >= 11 is 0. The first kappa shape index (κ1) is 28.9. The normalized spacial score (nSPS) is 14.5. The van der Waals surface area contributed by atoms with Gasteiger partial charge in [-0.05, 0) is 51.7 Å². The predicted octanol–water partition coefficient (Wildman–Crippen LogP) is 8.19. The van der Waals surface area contributed by atoms with Gasteiger partial charge < -0.3 is 13.9 Å². The fourth-order valence-corrected chi connectivity index (χ4v) is 6.11. The van der Waals surface area contributed by atoms with Crippen LogP contribution in [0.5, 0.6) is 5.88 Å². The van der Waals surface area contributed by atoms with Crippen LogP contribution in [0.3, 0.4) is 0 Å². The van der Waals surface area contributed by atoms with Gasteiger partial charge in [0.15, 0.2) is 11.5 Å². The van der Waals surface area contributed by atoms with Gasteiger partial charge in [0.1, 0.15) is 23.4 Å². The summed E-state index contributed by atoms with van der Waals surface area (Å²) in [4.78, 5) is 22.8. The highest BCUT2D eigenvalue weighted by Crippen LogP contribution is 2.45. The third-order valence-corrected chi connectivity index (χ3v) is 8.44. The molecule has 45 heavy (non-hydrogen) atoms. The van der Waals surface area contributed by atoms with E-state index in [1.807, 2.05) is 56.4 Å². The molecule has 1 atom stereocenters. The Kier molecular flexibility index (Phi) is 7.06. The average molecular weight is 612 g/mol. The molecule has 7 rings (SSSR count). The van der Waals surface area contributed by atoms with Crippen LogP contribution in [0, 0.1) is 0 Å². The Bertz CT molecular complexity index is 2020. The number of benzene rings is 2. The molecule has 0 bridgehead atoms. The van der Waals surface area contributed by atoms with Crippen molar-refractivity contribution in [1.29, 1.82) is 0 Å². The summed E-state index contributed by atoms with van der Waals surface area (Å²) in [5.74, 6) is 1.64. The number of hydrogen-bond donors (Lipinski definition) is 0. The van der Waals surface area contributed by atoms with E-state index in [9.17, 15) is 13.2 Å². The number of nitrogens with zero attached hydrogens (tertiary/aromatic N) is 7. The molecule has 0 unspecified atom stereocenters. The highest BCUT2D eigenvalue weighted by Gasteiger charge is 2.35. The van der Waals surface area contributed by atoms with Crippen molar-refractivity contribution in [2.75, 3.05) is 7.11 Å². The van der Waals surface area contributed by atoms with Gasteiger partial charge in [0.05, 0.1) is 18.3 Å². The first-order valence-corrected chi connectivity index (χ1v) is 15.0. The number of halogens is 3. The van der Waals surface area contributed by atoms with Gasteiger partial charge in [-0.2, -0.15) is 13.2 Å². The number of alkyl halides is 3. The minimum absolute atomic E-state index is 0.00713. The van der Waals surface area contributed by atoms with Crippen LogP contribution >= 0.6 is 0 Å². The maximum atomic E-state index is 13.4. The van der Waals surface area contributed by atoms with Crippen molar-refractivity contribution in [2.24, 2.45) is 0 Å². The lowest BCUT2D eigenvalue weighted by atomic mass is 10.0. The molecule has 11 heteroatoms. The van der Waals surface area contributed by atoms with Crippen LogP contribution in [-0.4, -0.2) is 41.2 Å². The quantitative estimate of drug-likeness (QED) is 0.173. The molecular formula is C34H32F3N7O. The first-order chi connectivity index (χ1) is 21.6. The second-order valence-corrected chi connectivity index (χ2v) is 11.9. The molecule has 0 radical (unpaired) electrons. The molecule has 0 aliphatic heterocycles. The number of para-hydroxylation sites is 1. The molecule has 4 aromatic heterocycles. The van der Waals surface area contributed by atoms with Crippen LogP contribution in [0.1, 0.15) is 68.6 Å². The lowest BCUT2D eigenvalue weighted by Gasteiger charge is -2.17. The highest BCUT2D eigenvalue weighted by molar-refractivity contribution is 6.06. The van der Waals surface area contributed by atoms with Gasteiger partial charge in [0, 0.05) is 46.7 Å². The minimum atomic E-state index is -4.51. The summed E-state index contributed by atoms with van der Waals surface area (Å²) < 4.78 is 49.8. The van der Waals surface area contributed by atoms with E-state index < -0.39 is 11.9 Å². The van der Waals surface area contributed by atoms with E-state index in [-0.39, 0.29) is 12.1 Å². The average Bonchev–Trinajstić information content (AvgIpc) is 3.67. The van der Waals surface area contributed by atoms with Crippen LogP contribution in [0.15, 0.2) is 67.3 Å². The number of methoxy groups -OCH3 is 1. The Labute approximate surface area is 258 Å². The lowest BCUT2D eigenvalue weighted by molar-refractivity contribution is -0.140. The number of hydrogen-bond acceptors (Lipinski definition) is 6. The Hall–Kier alpha value is -4.80. The zero-order valence-electron chi connectivity index (χ0n) is 25.4. The van der Waals surface area contributed by atoms with E-state index in [4.69, 9.17) is 14.7 Å². The van der Waals surface area contributed by atoms with Gasteiger partial charge in [0.25, 0.3) is 0 Å². The molecule has 1 fully saturated rings. The number of rotatable bonds is 8. The van der Waals surface area contributed by atoms with Gasteiger partial charge in [-0.3, -0.25) is 0 Å². The third kappa shape index (κ3) is 5.19. The molecular weight excluding hydrogens is 579 g/mol. The number of ether oxygens (including phenoxy) is 1. The minimum Gasteiger partial charge on any atom is -0.480 e. The largest absolute Gasteiger partial charge is 0.480 e. The monoisotopic (exact) mass is 611 g/mol. The van der Waals surface area contributed by atoms with E-state index in [2.05, 4.69) is 38.6 Å². The standard InChI is InChI=1S/C34H32F3N7O/c1-19(2)43-17-27(34(35,36)37)41-31(43)23-11-9-21(10-12-23)15-20(3)44-26-8-6-5-7-24(26)25-16-38-30(42-32(25)44)28-29(22-13-14-22)39-18-40-33(28)45-4/h5-12,16-20,22H,13-15H2,1-4H3/t20-/m0/s1. The zero-order chi connectivity index (χ0) is 31.5. The van der Waals surface area contributed by atoms with Gasteiger partial charge in [-0.15, -0.1) is 0 Å². The van der Waals surface area contributed by atoms with Crippen molar-refractivity contribution in [2.45, 2.75) is 64.2 Å². The summed E-state index contributed by atoms with van der Waals surface area (Å²) in [7, 11) is 1.59. The van der Waals surface area contributed by atoms with Gasteiger partial charge in [-0.25, -0.2) is 24.9 Å². The lowest BCUT2D eigenvalue weighted by Crippen LogP contribution is -2.10. The van der Waals surface area contributed by atoms with E-state index in [1.54, 1.807) is 11.7 Å². The smallest absolute Gasteiger partial charge is 0.434 e. The van der Waals surface area contributed by atoms with Gasteiger partial charge in [-0.1, -0.05) is 42.5 Å². The van der Waals surface area contributed by atoms with Crippen LogP contribution in [-0.2, 0) is 12.6 Å². The molecule has 0 N–H and O–H groups in total. The summed E-state index contributed by atoms with van der Waals surface area (Å²) in [6.07, 6.45) is 2.78. The van der Waals surface area contributed by atoms with Crippen molar-refractivity contribution < 1.29 is 17.9 Å². The Morgan fingerprint density at radius 3 is 2.38 bits per heavy atom. The molecule has 8 nitrogen and oxygen atoms in total. The van der Waals surface area contributed by atoms with Crippen LogP contribution in [0.2, 0.25) is 0 Å². The third-order valence-electron chi connectivity index (χ3n) is 8.44. The van der Waals surface area contributed by atoms with Gasteiger partial charge in [0.2, 0.25) is 5.88 Å². The van der Waals surface area contributed by atoms with Crippen LogP contribution in [0.25, 0.3) is 44.7 Å². The second-order valence-electron chi connectivity index (χ2n) is 11.9. The maximum absolute atomic E-state index is 13.4. The summed E-state index contributed by atoms with van der Waals surface area (Å²) in [5.41, 5.74) is 4.28. The van der Waals surface area contributed by atoms with Crippen molar-refractivity contribution >= 4 is 21.9 Å². The van der Waals surface area contributed by atoms with E-state index in [1.165, 1.54) is 6.33 Å². The molecule has 0 amide bonds. The fraction of sp³-hybridized carbons (Fsp3) is 0.324. The van der Waals surface area contributed by atoms with Crippen LogP contribution in [0.4, 0.5) is 13.2 Å². The molecule has 1 aliphatic carbocycles. The van der Waals surface area contributed by atoms with Gasteiger partial charge >= 0.3 is 6.18 Å². The Morgan fingerprint density at radius 2 is 1.69 bits per heavy atom. The zero-order valence-corrected chi connectivity index (χ0v) is 25.4. The number of imidazole rings is 1. The van der Waals surface area contributed by atoms with Crippen molar-refractivity contribution in [3.8, 4) is 28.7 Å². The topological polar surface area (TPSA) is 83.5 Å². The summed E-state index contributed by atoms with van der Waals surface area (Å²) in [6, 6.07) is 15.6. The molecule has 0 spiro atoms. The maximum Gasteiger partial charge on any atom is 0.434 e. The Morgan fingerprint density at radius 1 is 0.933 bits per heavy atom. The number of fused-ring (bicyclic) bond motifs is 3. The molecule has 230 valence electrons. The van der Waals surface area contributed by atoms with E-state index >= 15 is 0 Å². The van der Waals surface area contributed by atoms with Crippen molar-refractivity contribution in [3.63, 3.8) is 0 Å². The molecule has 2 aromatic carbocycles. The SMILES string of the molecule is COc1ncnc(C2CC2)c1-c1ncc2c3ccccc3n([C@@H](C)Cc3ccc(-c4nc(C(F)(F)F)cn4C(C)C)cc3)c2n1. The van der Waals surface area contributed by atoms with Crippen molar-refractivity contribution in [1.82, 2.24) is 34.1 Å². The summed E-state index contributed by atoms with van der Waals surface area (Å²) in [6.45, 7) is 5.83. The Balaban J connectivity index is 1.26. The fourth-order valence-electron chi connectivity index (χ4n) is 6.11. The molecule has 0 saturated heterocycles. The predicted molar refractivity (Wildman–Crippen MR) is 166 cm³/mol. The van der Waals surface area contributed by atoms with Crippen LogP contribution < -0.4 is 4.74 Å². The molecule has 1 aliphatic rings. The van der Waals surface area contributed by atoms with E-state index in [0.29, 0.717) is 35.4 Å². The highest BCUT2D eigenvalue weighted by atomic mass is 19.4. The molecule has 6 aromatic rings. The first-order valence-electron chi connectivity index (χ1n) is 15.0. The molecule has 1 saturated carbocycles. The molecule has 4 heterocycles. The summed E-state index contributed by atoms with van der Waals surface area (Å²) in [5, 5.41) is 2.00. The van der Waals surface area contributed by atoms with E-state index in [0.717, 1.165) is 57.8 Å². The second kappa shape index (κ2) is 11.0. The van der Waals surface area contributed by atoms with Crippen molar-refractivity contribution in [3.05, 3.63) is 84.2 Å². The number of aromatic nitrogens is 7.